The van der Waals surface area contributed by atoms with Gasteiger partial charge in [0.25, 0.3) is 5.91 Å². The van der Waals surface area contributed by atoms with E-state index < -0.39 is 11.6 Å². The maximum Gasteiger partial charge on any atom is 0.251 e. The summed E-state index contributed by atoms with van der Waals surface area (Å²) in [6, 6.07) is 12.0. The van der Waals surface area contributed by atoms with Crippen molar-refractivity contribution in [3.63, 3.8) is 0 Å². The number of furan rings is 1. The molecule has 0 aliphatic carbocycles. The highest BCUT2D eigenvalue weighted by atomic mass is 16.3. The summed E-state index contributed by atoms with van der Waals surface area (Å²) < 4.78 is 5.51. The number of tetrazole rings is 1. The SMILES string of the molecule is CC[C@@H](C(=O)NC(C)(C)C)N(C(=O)Cn1nnc(-c2ccc(C)o2)n1)c1ccccc1. The third-order valence-electron chi connectivity index (χ3n) is 4.49. The van der Waals surface area contributed by atoms with Crippen LogP contribution >= 0.6 is 0 Å². The number of hydrogen-bond acceptors (Lipinski definition) is 6. The minimum absolute atomic E-state index is 0.166. The van der Waals surface area contributed by atoms with E-state index in [-0.39, 0.29) is 18.4 Å². The van der Waals surface area contributed by atoms with E-state index in [4.69, 9.17) is 4.42 Å². The van der Waals surface area contributed by atoms with E-state index in [1.807, 2.05) is 52.8 Å². The van der Waals surface area contributed by atoms with Gasteiger partial charge in [-0.05, 0) is 63.6 Å². The number of hydrogen-bond donors (Lipinski definition) is 1. The Morgan fingerprint density at radius 2 is 1.87 bits per heavy atom. The van der Waals surface area contributed by atoms with Crippen molar-refractivity contribution in [3.8, 4) is 11.6 Å². The van der Waals surface area contributed by atoms with Crippen molar-refractivity contribution in [1.82, 2.24) is 25.5 Å². The standard InChI is InChI=1S/C22H28N6O3/c1-6-17(21(30)23-22(3,4)5)28(16-10-8-7-9-11-16)19(29)14-27-25-20(24-26-27)18-13-12-15(2)31-18/h7-13,17H,6,14H2,1-5H3,(H,23,30)/t17-/m0/s1. The van der Waals surface area contributed by atoms with Crippen molar-refractivity contribution in [3.05, 3.63) is 48.2 Å². The number of aromatic nitrogens is 4. The molecule has 1 aromatic carbocycles. The summed E-state index contributed by atoms with van der Waals surface area (Å²) in [6.07, 6.45) is 0.449. The van der Waals surface area contributed by atoms with E-state index in [1.54, 1.807) is 24.3 Å². The Labute approximate surface area is 181 Å². The van der Waals surface area contributed by atoms with Crippen LogP contribution in [0.4, 0.5) is 5.69 Å². The van der Waals surface area contributed by atoms with Gasteiger partial charge in [0.2, 0.25) is 11.7 Å². The van der Waals surface area contributed by atoms with Gasteiger partial charge in [0, 0.05) is 11.2 Å². The molecule has 164 valence electrons. The minimum Gasteiger partial charge on any atom is -0.458 e. The molecule has 1 N–H and O–H groups in total. The first-order valence-corrected chi connectivity index (χ1v) is 10.2. The van der Waals surface area contributed by atoms with Crippen LogP contribution in [0.5, 0.6) is 0 Å². The monoisotopic (exact) mass is 424 g/mol. The molecule has 3 rings (SSSR count). The zero-order valence-corrected chi connectivity index (χ0v) is 18.5. The number of carbonyl (C=O) groups is 2. The number of aryl methyl sites for hydroxylation is 1. The van der Waals surface area contributed by atoms with Crippen LogP contribution in [-0.4, -0.2) is 43.6 Å². The van der Waals surface area contributed by atoms with Gasteiger partial charge < -0.3 is 9.73 Å². The average Bonchev–Trinajstić information content (AvgIpc) is 3.34. The predicted molar refractivity (Wildman–Crippen MR) is 116 cm³/mol. The molecule has 0 bridgehead atoms. The quantitative estimate of drug-likeness (QED) is 0.625. The number of anilines is 1. The van der Waals surface area contributed by atoms with E-state index >= 15 is 0 Å². The summed E-state index contributed by atoms with van der Waals surface area (Å²) >= 11 is 0. The van der Waals surface area contributed by atoms with Crippen LogP contribution in [-0.2, 0) is 16.1 Å². The lowest BCUT2D eigenvalue weighted by Crippen LogP contribution is -2.54. The lowest BCUT2D eigenvalue weighted by molar-refractivity contribution is -0.128. The fourth-order valence-corrected chi connectivity index (χ4v) is 3.19. The number of rotatable bonds is 7. The van der Waals surface area contributed by atoms with Gasteiger partial charge in [-0.3, -0.25) is 14.5 Å². The average molecular weight is 425 g/mol. The molecule has 0 spiro atoms. The molecule has 3 aromatic rings. The molecule has 2 amide bonds. The predicted octanol–water partition coefficient (Wildman–Crippen LogP) is 2.97. The molecule has 0 saturated heterocycles. The number of benzene rings is 1. The number of para-hydroxylation sites is 1. The van der Waals surface area contributed by atoms with Gasteiger partial charge in [-0.25, -0.2) is 0 Å². The Morgan fingerprint density at radius 1 is 1.16 bits per heavy atom. The first-order chi connectivity index (χ1) is 14.7. The number of nitrogens with zero attached hydrogens (tertiary/aromatic N) is 5. The topological polar surface area (TPSA) is 106 Å². The van der Waals surface area contributed by atoms with Gasteiger partial charge >= 0.3 is 0 Å². The van der Waals surface area contributed by atoms with Crippen molar-refractivity contribution in [1.29, 1.82) is 0 Å². The molecule has 9 nitrogen and oxygen atoms in total. The molecule has 0 unspecified atom stereocenters. The van der Waals surface area contributed by atoms with E-state index in [0.29, 0.717) is 23.7 Å². The highest BCUT2D eigenvalue weighted by Gasteiger charge is 2.32. The van der Waals surface area contributed by atoms with E-state index in [0.717, 1.165) is 5.76 Å². The van der Waals surface area contributed by atoms with Crippen molar-refractivity contribution in [2.75, 3.05) is 4.90 Å². The van der Waals surface area contributed by atoms with Crippen molar-refractivity contribution in [2.45, 2.75) is 59.2 Å². The summed E-state index contributed by atoms with van der Waals surface area (Å²) in [6.45, 7) is 9.25. The lowest BCUT2D eigenvalue weighted by Gasteiger charge is -2.32. The molecular formula is C22H28N6O3. The third-order valence-corrected chi connectivity index (χ3v) is 4.49. The summed E-state index contributed by atoms with van der Waals surface area (Å²) in [7, 11) is 0. The third kappa shape index (κ3) is 5.56. The summed E-state index contributed by atoms with van der Waals surface area (Å²) in [5.41, 5.74) is 0.213. The largest absolute Gasteiger partial charge is 0.458 e. The Kier molecular flexibility index (Phi) is 6.53. The van der Waals surface area contributed by atoms with E-state index in [9.17, 15) is 9.59 Å². The molecule has 2 heterocycles. The fourth-order valence-electron chi connectivity index (χ4n) is 3.19. The summed E-state index contributed by atoms with van der Waals surface area (Å²) in [5, 5.41) is 15.2. The van der Waals surface area contributed by atoms with Gasteiger partial charge in [-0.1, -0.05) is 25.1 Å². The lowest BCUT2D eigenvalue weighted by atomic mass is 10.1. The smallest absolute Gasteiger partial charge is 0.251 e. The molecule has 0 aliphatic heterocycles. The van der Waals surface area contributed by atoms with E-state index in [1.165, 1.54) is 9.70 Å². The fraction of sp³-hybridized carbons (Fsp3) is 0.409. The van der Waals surface area contributed by atoms with Crippen LogP contribution in [0.25, 0.3) is 11.6 Å². The zero-order valence-electron chi connectivity index (χ0n) is 18.5. The second-order valence-electron chi connectivity index (χ2n) is 8.32. The van der Waals surface area contributed by atoms with Gasteiger partial charge in [-0.15, -0.1) is 10.2 Å². The second kappa shape index (κ2) is 9.11. The molecule has 1 atom stereocenters. The minimum atomic E-state index is -0.676. The van der Waals surface area contributed by atoms with Gasteiger partial charge in [-0.2, -0.15) is 4.80 Å². The Morgan fingerprint density at radius 3 is 2.45 bits per heavy atom. The Hall–Kier alpha value is -3.49. The van der Waals surface area contributed by atoms with Crippen molar-refractivity contribution in [2.24, 2.45) is 0 Å². The van der Waals surface area contributed by atoms with Gasteiger partial charge in [0.1, 0.15) is 18.3 Å². The molecule has 2 aromatic heterocycles. The second-order valence-corrected chi connectivity index (χ2v) is 8.32. The maximum absolute atomic E-state index is 13.3. The first kappa shape index (κ1) is 22.2. The first-order valence-electron chi connectivity index (χ1n) is 10.2. The van der Waals surface area contributed by atoms with Crippen LogP contribution in [0.3, 0.4) is 0 Å². The van der Waals surface area contributed by atoms with Crippen LogP contribution in [0.1, 0.15) is 39.9 Å². The molecule has 9 heteroatoms. The maximum atomic E-state index is 13.3. The number of carbonyl (C=O) groups excluding carboxylic acids is 2. The zero-order chi connectivity index (χ0) is 22.6. The Balaban J connectivity index is 1.86. The van der Waals surface area contributed by atoms with Crippen molar-refractivity contribution >= 4 is 17.5 Å². The van der Waals surface area contributed by atoms with Gasteiger partial charge in [0.15, 0.2) is 5.76 Å². The molecule has 0 saturated carbocycles. The highest BCUT2D eigenvalue weighted by molar-refractivity contribution is 6.00. The van der Waals surface area contributed by atoms with Crippen molar-refractivity contribution < 1.29 is 14.0 Å². The van der Waals surface area contributed by atoms with Gasteiger partial charge in [0.05, 0.1) is 0 Å². The summed E-state index contributed by atoms with van der Waals surface area (Å²) in [5.74, 6) is 0.970. The number of nitrogens with one attached hydrogen (secondary N) is 1. The summed E-state index contributed by atoms with van der Waals surface area (Å²) in [4.78, 5) is 29.0. The van der Waals surface area contributed by atoms with Crippen LogP contribution < -0.4 is 10.2 Å². The van der Waals surface area contributed by atoms with Crippen LogP contribution in [0.15, 0.2) is 46.9 Å². The highest BCUT2D eigenvalue weighted by Crippen LogP contribution is 2.21. The molecule has 31 heavy (non-hydrogen) atoms. The Bertz CT molecular complexity index is 1030. The van der Waals surface area contributed by atoms with Crippen LogP contribution in [0, 0.1) is 6.92 Å². The van der Waals surface area contributed by atoms with Crippen LogP contribution in [0.2, 0.25) is 0 Å². The van der Waals surface area contributed by atoms with E-state index in [2.05, 4.69) is 20.7 Å². The molecule has 0 radical (unpaired) electrons. The molecule has 0 fully saturated rings. The molecule has 0 aliphatic rings. The molecular weight excluding hydrogens is 396 g/mol. The number of amides is 2. The normalized spacial score (nSPS) is 12.4.